The predicted octanol–water partition coefficient (Wildman–Crippen LogP) is 2.75. The van der Waals surface area contributed by atoms with Crippen LogP contribution in [-0.2, 0) is 6.54 Å². The Hall–Kier alpha value is -1.16. The highest BCUT2D eigenvalue weighted by Gasteiger charge is 2.10. The first kappa shape index (κ1) is 14.3. The van der Waals surface area contributed by atoms with E-state index in [2.05, 4.69) is 39.5 Å². The van der Waals surface area contributed by atoms with Crippen molar-refractivity contribution >= 4 is 5.82 Å². The van der Waals surface area contributed by atoms with Crippen LogP contribution in [0, 0.1) is 0 Å². The Morgan fingerprint density at radius 3 is 2.42 bits per heavy atom. The Bertz CT molecular complexity index is 342. The molecule has 0 aromatic carbocycles. The summed E-state index contributed by atoms with van der Waals surface area (Å²) in [4.78, 5) is 2.38. The SMILES string of the molecule is CCCNCc1ccc(N2CCCCCCC2)nn1. The summed E-state index contributed by atoms with van der Waals surface area (Å²) >= 11 is 0. The topological polar surface area (TPSA) is 41.0 Å². The van der Waals surface area contributed by atoms with Gasteiger partial charge in [0.05, 0.1) is 5.69 Å². The third-order valence-corrected chi connectivity index (χ3v) is 3.62. The normalized spacial score (nSPS) is 17.0. The molecule has 1 aliphatic rings. The first-order valence-electron chi connectivity index (χ1n) is 7.68. The van der Waals surface area contributed by atoms with Crippen LogP contribution in [0.1, 0.15) is 51.1 Å². The molecule has 2 rings (SSSR count). The second-order valence-electron chi connectivity index (χ2n) is 5.31. The van der Waals surface area contributed by atoms with E-state index < -0.39 is 0 Å². The summed E-state index contributed by atoms with van der Waals surface area (Å²) in [6.45, 7) is 6.28. The third kappa shape index (κ3) is 4.78. The van der Waals surface area contributed by atoms with Gasteiger partial charge in [0.15, 0.2) is 5.82 Å². The monoisotopic (exact) mass is 262 g/mol. The standard InChI is InChI=1S/C15H26N4/c1-2-10-16-13-14-8-9-15(18-17-14)19-11-6-4-3-5-7-12-19/h8-9,16H,2-7,10-13H2,1H3. The van der Waals surface area contributed by atoms with Crippen molar-refractivity contribution in [3.05, 3.63) is 17.8 Å². The molecule has 0 saturated carbocycles. The summed E-state index contributed by atoms with van der Waals surface area (Å²) in [5.74, 6) is 1.04. The summed E-state index contributed by atoms with van der Waals surface area (Å²) in [5.41, 5.74) is 1.03. The molecule has 4 heteroatoms. The second kappa shape index (κ2) is 8.10. The Labute approximate surface area is 116 Å². The molecule has 1 N–H and O–H groups in total. The molecular weight excluding hydrogens is 236 g/mol. The maximum Gasteiger partial charge on any atom is 0.151 e. The number of hydrogen-bond donors (Lipinski definition) is 1. The van der Waals surface area contributed by atoms with Gasteiger partial charge in [-0.05, 0) is 37.9 Å². The lowest BCUT2D eigenvalue weighted by atomic mass is 10.1. The Balaban J connectivity index is 1.88. The molecular formula is C15H26N4. The van der Waals surface area contributed by atoms with Crippen LogP contribution in [-0.4, -0.2) is 29.8 Å². The van der Waals surface area contributed by atoms with Crippen molar-refractivity contribution in [1.29, 1.82) is 0 Å². The fourth-order valence-electron chi connectivity index (χ4n) is 2.49. The van der Waals surface area contributed by atoms with E-state index in [9.17, 15) is 0 Å². The zero-order valence-electron chi connectivity index (χ0n) is 12.1. The van der Waals surface area contributed by atoms with Crippen LogP contribution in [0.5, 0.6) is 0 Å². The average molecular weight is 262 g/mol. The number of rotatable bonds is 5. The molecule has 0 atom stereocenters. The summed E-state index contributed by atoms with van der Waals surface area (Å²) < 4.78 is 0. The molecule has 0 bridgehead atoms. The van der Waals surface area contributed by atoms with Gasteiger partial charge in [0, 0.05) is 19.6 Å². The Morgan fingerprint density at radius 2 is 1.79 bits per heavy atom. The van der Waals surface area contributed by atoms with E-state index in [4.69, 9.17) is 0 Å². The molecule has 1 aromatic heterocycles. The van der Waals surface area contributed by atoms with Gasteiger partial charge in [-0.2, -0.15) is 5.10 Å². The molecule has 0 amide bonds. The largest absolute Gasteiger partial charge is 0.355 e. The minimum atomic E-state index is 0.821. The molecule has 0 radical (unpaired) electrons. The van der Waals surface area contributed by atoms with E-state index in [0.29, 0.717) is 0 Å². The van der Waals surface area contributed by atoms with Crippen molar-refractivity contribution in [3.8, 4) is 0 Å². The molecule has 4 nitrogen and oxygen atoms in total. The predicted molar refractivity (Wildman–Crippen MR) is 79.3 cm³/mol. The maximum absolute atomic E-state index is 4.39. The number of nitrogens with one attached hydrogen (secondary N) is 1. The minimum Gasteiger partial charge on any atom is -0.355 e. The highest BCUT2D eigenvalue weighted by atomic mass is 15.3. The van der Waals surface area contributed by atoms with Crippen molar-refractivity contribution < 1.29 is 0 Å². The van der Waals surface area contributed by atoms with Gasteiger partial charge in [-0.3, -0.25) is 0 Å². The Kier molecular flexibility index (Phi) is 6.08. The number of hydrogen-bond acceptors (Lipinski definition) is 4. The van der Waals surface area contributed by atoms with Gasteiger partial charge in [-0.25, -0.2) is 0 Å². The van der Waals surface area contributed by atoms with Crippen LogP contribution in [0.4, 0.5) is 5.82 Å². The van der Waals surface area contributed by atoms with Crippen LogP contribution in [0.3, 0.4) is 0 Å². The average Bonchev–Trinajstić information content (AvgIpc) is 2.40. The first-order chi connectivity index (χ1) is 9.40. The van der Waals surface area contributed by atoms with Crippen molar-refractivity contribution in [2.75, 3.05) is 24.5 Å². The zero-order chi connectivity index (χ0) is 13.3. The van der Waals surface area contributed by atoms with Gasteiger partial charge >= 0.3 is 0 Å². The number of nitrogens with zero attached hydrogens (tertiary/aromatic N) is 3. The maximum atomic E-state index is 4.39. The number of aromatic nitrogens is 2. The van der Waals surface area contributed by atoms with E-state index in [1.807, 2.05) is 0 Å². The lowest BCUT2D eigenvalue weighted by molar-refractivity contribution is 0.551. The highest BCUT2D eigenvalue weighted by Crippen LogP contribution is 2.16. The van der Waals surface area contributed by atoms with E-state index in [1.165, 1.54) is 32.1 Å². The highest BCUT2D eigenvalue weighted by molar-refractivity contribution is 5.37. The zero-order valence-corrected chi connectivity index (χ0v) is 12.1. The number of anilines is 1. The van der Waals surface area contributed by atoms with Gasteiger partial charge in [0.2, 0.25) is 0 Å². The third-order valence-electron chi connectivity index (χ3n) is 3.62. The molecule has 106 valence electrons. The van der Waals surface area contributed by atoms with E-state index in [1.54, 1.807) is 0 Å². The van der Waals surface area contributed by atoms with Crippen LogP contribution in [0.15, 0.2) is 12.1 Å². The quantitative estimate of drug-likeness (QED) is 0.828. The van der Waals surface area contributed by atoms with Gasteiger partial charge in [-0.1, -0.05) is 26.2 Å². The molecule has 0 unspecified atom stereocenters. The molecule has 1 aromatic rings. The molecule has 0 spiro atoms. The van der Waals surface area contributed by atoms with Crippen molar-refractivity contribution in [3.63, 3.8) is 0 Å². The van der Waals surface area contributed by atoms with E-state index >= 15 is 0 Å². The van der Waals surface area contributed by atoms with Crippen molar-refractivity contribution in [2.24, 2.45) is 0 Å². The lowest BCUT2D eigenvalue weighted by Crippen LogP contribution is -2.28. The first-order valence-corrected chi connectivity index (χ1v) is 7.68. The molecule has 2 heterocycles. The fraction of sp³-hybridized carbons (Fsp3) is 0.733. The van der Waals surface area contributed by atoms with Crippen molar-refractivity contribution in [2.45, 2.75) is 52.0 Å². The van der Waals surface area contributed by atoms with Crippen LogP contribution in [0.25, 0.3) is 0 Å². The van der Waals surface area contributed by atoms with Gasteiger partial charge in [-0.15, -0.1) is 5.10 Å². The van der Waals surface area contributed by atoms with Crippen molar-refractivity contribution in [1.82, 2.24) is 15.5 Å². The van der Waals surface area contributed by atoms with Gasteiger partial charge < -0.3 is 10.2 Å². The summed E-state index contributed by atoms with van der Waals surface area (Å²) in [7, 11) is 0. The minimum absolute atomic E-state index is 0.821. The second-order valence-corrected chi connectivity index (χ2v) is 5.31. The molecule has 0 aliphatic carbocycles. The lowest BCUT2D eigenvalue weighted by Gasteiger charge is -2.25. The molecule has 19 heavy (non-hydrogen) atoms. The summed E-state index contributed by atoms with van der Waals surface area (Å²) in [6, 6.07) is 4.22. The molecule has 1 aliphatic heterocycles. The fourth-order valence-corrected chi connectivity index (χ4v) is 2.49. The Morgan fingerprint density at radius 1 is 1.05 bits per heavy atom. The van der Waals surface area contributed by atoms with E-state index in [-0.39, 0.29) is 0 Å². The summed E-state index contributed by atoms with van der Waals surface area (Å²) in [5, 5.41) is 12.1. The van der Waals surface area contributed by atoms with Crippen LogP contribution in [0.2, 0.25) is 0 Å². The summed E-state index contributed by atoms with van der Waals surface area (Å²) in [6.07, 6.45) is 7.80. The van der Waals surface area contributed by atoms with Crippen LogP contribution < -0.4 is 10.2 Å². The smallest absolute Gasteiger partial charge is 0.151 e. The molecule has 1 saturated heterocycles. The molecule has 1 fully saturated rings. The van der Waals surface area contributed by atoms with Crippen LogP contribution >= 0.6 is 0 Å². The van der Waals surface area contributed by atoms with Gasteiger partial charge in [0.25, 0.3) is 0 Å². The van der Waals surface area contributed by atoms with E-state index in [0.717, 1.165) is 44.1 Å². The van der Waals surface area contributed by atoms with Gasteiger partial charge in [0.1, 0.15) is 0 Å².